The molecular weight excluding hydrogens is 278 g/mol. The van der Waals surface area contributed by atoms with Crippen molar-refractivity contribution in [2.45, 2.75) is 31.8 Å². The molecule has 2 rings (SSSR count). The first-order valence-electron chi connectivity index (χ1n) is 6.31. The molecule has 1 aromatic carbocycles. The Balaban J connectivity index is 2.11. The highest BCUT2D eigenvalue weighted by Gasteiger charge is 2.37. The third-order valence-electron chi connectivity index (χ3n) is 3.80. The molecule has 0 bridgehead atoms. The molecule has 2 unspecified atom stereocenters. The van der Waals surface area contributed by atoms with E-state index in [9.17, 15) is 5.11 Å². The minimum absolute atomic E-state index is 0.361. The number of benzene rings is 1. The molecule has 1 aliphatic heterocycles. The monoisotopic (exact) mass is 297 g/mol. The minimum atomic E-state index is -0.534. The largest absolute Gasteiger partial charge is 0.389 e. The van der Waals surface area contributed by atoms with Gasteiger partial charge < -0.3 is 10.4 Å². The minimum Gasteiger partial charge on any atom is -0.389 e. The molecule has 1 aromatic rings. The van der Waals surface area contributed by atoms with Crippen LogP contribution in [0.15, 0.2) is 28.7 Å². The van der Waals surface area contributed by atoms with Gasteiger partial charge in [-0.05, 0) is 37.1 Å². The lowest BCUT2D eigenvalue weighted by atomic mass is 9.76. The van der Waals surface area contributed by atoms with Gasteiger partial charge in [-0.1, -0.05) is 35.0 Å². The highest BCUT2D eigenvalue weighted by Crippen LogP contribution is 2.30. The van der Waals surface area contributed by atoms with Gasteiger partial charge in [-0.25, -0.2) is 0 Å². The van der Waals surface area contributed by atoms with Crippen LogP contribution in [-0.4, -0.2) is 23.8 Å². The molecule has 3 heteroatoms. The standard InChI is InChI=1S/C14H20BrNO/c1-2-12-10-16-8-7-14(12,17)9-11-3-5-13(15)6-4-11/h3-6,12,16-17H,2,7-10H2,1H3. The van der Waals surface area contributed by atoms with E-state index < -0.39 is 5.60 Å². The van der Waals surface area contributed by atoms with E-state index >= 15 is 0 Å². The number of hydrogen-bond acceptors (Lipinski definition) is 2. The van der Waals surface area contributed by atoms with Gasteiger partial charge in [0.2, 0.25) is 0 Å². The second-order valence-electron chi connectivity index (χ2n) is 4.97. The summed E-state index contributed by atoms with van der Waals surface area (Å²) >= 11 is 3.44. The summed E-state index contributed by atoms with van der Waals surface area (Å²) in [5.74, 6) is 0.361. The molecule has 2 nitrogen and oxygen atoms in total. The summed E-state index contributed by atoms with van der Waals surface area (Å²) in [5, 5.41) is 14.2. The second-order valence-corrected chi connectivity index (χ2v) is 5.88. The Hall–Kier alpha value is -0.380. The maximum absolute atomic E-state index is 10.8. The molecular formula is C14H20BrNO. The maximum atomic E-state index is 10.8. The average molecular weight is 298 g/mol. The molecule has 1 heterocycles. The van der Waals surface area contributed by atoms with Crippen LogP contribution in [-0.2, 0) is 6.42 Å². The Labute approximate surface area is 112 Å². The number of nitrogens with one attached hydrogen (secondary N) is 1. The van der Waals surface area contributed by atoms with Gasteiger partial charge >= 0.3 is 0 Å². The van der Waals surface area contributed by atoms with Crippen molar-refractivity contribution in [2.75, 3.05) is 13.1 Å². The SMILES string of the molecule is CCC1CNCCC1(O)Cc1ccc(Br)cc1. The molecule has 1 saturated heterocycles. The molecule has 1 aliphatic rings. The van der Waals surface area contributed by atoms with Gasteiger partial charge in [-0.2, -0.15) is 0 Å². The Morgan fingerprint density at radius 3 is 2.76 bits per heavy atom. The quantitative estimate of drug-likeness (QED) is 0.899. The fraction of sp³-hybridized carbons (Fsp3) is 0.571. The second kappa shape index (κ2) is 5.51. The number of piperidine rings is 1. The van der Waals surface area contributed by atoms with Crippen LogP contribution in [0.25, 0.3) is 0 Å². The van der Waals surface area contributed by atoms with Crippen molar-refractivity contribution < 1.29 is 5.11 Å². The van der Waals surface area contributed by atoms with Crippen molar-refractivity contribution >= 4 is 15.9 Å². The van der Waals surface area contributed by atoms with Crippen LogP contribution < -0.4 is 5.32 Å². The topological polar surface area (TPSA) is 32.3 Å². The van der Waals surface area contributed by atoms with Crippen molar-refractivity contribution in [2.24, 2.45) is 5.92 Å². The van der Waals surface area contributed by atoms with Crippen molar-refractivity contribution in [3.63, 3.8) is 0 Å². The van der Waals surface area contributed by atoms with Crippen LogP contribution in [0.3, 0.4) is 0 Å². The zero-order valence-electron chi connectivity index (χ0n) is 10.2. The lowest BCUT2D eigenvalue weighted by Gasteiger charge is -2.40. The summed E-state index contributed by atoms with van der Waals surface area (Å²) in [7, 11) is 0. The molecule has 2 N–H and O–H groups in total. The number of rotatable bonds is 3. The third kappa shape index (κ3) is 3.09. The summed E-state index contributed by atoms with van der Waals surface area (Å²) in [6.45, 7) is 4.01. The number of aliphatic hydroxyl groups is 1. The fourth-order valence-corrected chi connectivity index (χ4v) is 2.95. The first-order valence-corrected chi connectivity index (χ1v) is 7.11. The van der Waals surface area contributed by atoms with Gasteiger partial charge in [0.25, 0.3) is 0 Å². The average Bonchev–Trinajstić information content (AvgIpc) is 2.32. The molecule has 17 heavy (non-hydrogen) atoms. The van der Waals surface area contributed by atoms with E-state index in [2.05, 4.69) is 40.3 Å². The molecule has 0 aromatic heterocycles. The Morgan fingerprint density at radius 1 is 1.41 bits per heavy atom. The van der Waals surface area contributed by atoms with Gasteiger partial charge in [-0.3, -0.25) is 0 Å². The maximum Gasteiger partial charge on any atom is 0.0740 e. The Bertz CT molecular complexity index is 365. The summed E-state index contributed by atoms with van der Waals surface area (Å²) in [6.07, 6.45) is 2.64. The van der Waals surface area contributed by atoms with Gasteiger partial charge in [0.1, 0.15) is 0 Å². The van der Waals surface area contributed by atoms with Crippen molar-refractivity contribution in [1.29, 1.82) is 0 Å². The highest BCUT2D eigenvalue weighted by atomic mass is 79.9. The van der Waals surface area contributed by atoms with Crippen LogP contribution >= 0.6 is 15.9 Å². The summed E-state index contributed by atoms with van der Waals surface area (Å²) in [4.78, 5) is 0. The molecule has 2 atom stereocenters. The zero-order chi connectivity index (χ0) is 12.3. The normalized spacial score (nSPS) is 29.2. The van der Waals surface area contributed by atoms with Crippen molar-refractivity contribution in [3.8, 4) is 0 Å². The van der Waals surface area contributed by atoms with Crippen LogP contribution in [0.4, 0.5) is 0 Å². The first kappa shape index (κ1) is 13.1. The third-order valence-corrected chi connectivity index (χ3v) is 4.33. The van der Waals surface area contributed by atoms with Crippen molar-refractivity contribution in [1.82, 2.24) is 5.32 Å². The highest BCUT2D eigenvalue weighted by molar-refractivity contribution is 9.10. The van der Waals surface area contributed by atoms with Crippen molar-refractivity contribution in [3.05, 3.63) is 34.3 Å². The lowest BCUT2D eigenvalue weighted by molar-refractivity contribution is -0.0414. The molecule has 94 valence electrons. The molecule has 0 aliphatic carbocycles. The van der Waals surface area contributed by atoms with Gasteiger partial charge in [0.05, 0.1) is 5.60 Å². The van der Waals surface area contributed by atoms with E-state index in [1.807, 2.05) is 12.1 Å². The van der Waals surface area contributed by atoms with E-state index in [0.29, 0.717) is 5.92 Å². The Morgan fingerprint density at radius 2 is 2.12 bits per heavy atom. The van der Waals surface area contributed by atoms with E-state index in [-0.39, 0.29) is 0 Å². The lowest BCUT2D eigenvalue weighted by Crippen LogP contribution is -2.51. The molecule has 0 radical (unpaired) electrons. The van der Waals surface area contributed by atoms with Gasteiger partial charge in [-0.15, -0.1) is 0 Å². The summed E-state index contributed by atoms with van der Waals surface area (Å²) in [5.41, 5.74) is 0.685. The van der Waals surface area contributed by atoms with Crippen LogP contribution in [0.5, 0.6) is 0 Å². The van der Waals surface area contributed by atoms with E-state index in [0.717, 1.165) is 36.8 Å². The van der Waals surface area contributed by atoms with E-state index in [1.165, 1.54) is 5.56 Å². The van der Waals surface area contributed by atoms with Gasteiger partial charge in [0, 0.05) is 23.4 Å². The van der Waals surface area contributed by atoms with E-state index in [4.69, 9.17) is 0 Å². The van der Waals surface area contributed by atoms with Crippen LogP contribution in [0.1, 0.15) is 25.3 Å². The fourth-order valence-electron chi connectivity index (χ4n) is 2.69. The number of hydrogen-bond donors (Lipinski definition) is 2. The summed E-state index contributed by atoms with van der Waals surface area (Å²) in [6, 6.07) is 8.27. The van der Waals surface area contributed by atoms with E-state index in [1.54, 1.807) is 0 Å². The molecule has 0 spiro atoms. The zero-order valence-corrected chi connectivity index (χ0v) is 11.8. The molecule has 0 amide bonds. The molecule has 1 fully saturated rings. The van der Waals surface area contributed by atoms with Crippen LogP contribution in [0, 0.1) is 5.92 Å². The predicted molar refractivity (Wildman–Crippen MR) is 74.1 cm³/mol. The summed E-state index contributed by atoms with van der Waals surface area (Å²) < 4.78 is 1.09. The Kier molecular flexibility index (Phi) is 4.23. The first-order chi connectivity index (χ1) is 8.14. The van der Waals surface area contributed by atoms with Crippen LogP contribution in [0.2, 0.25) is 0 Å². The van der Waals surface area contributed by atoms with Gasteiger partial charge in [0.15, 0.2) is 0 Å². The number of halogens is 1. The predicted octanol–water partition coefficient (Wildman–Crippen LogP) is 2.74. The smallest absolute Gasteiger partial charge is 0.0740 e. The molecule has 0 saturated carbocycles.